The Labute approximate surface area is 166 Å². The fourth-order valence-corrected chi connectivity index (χ4v) is 4.97. The zero-order valence-electron chi connectivity index (χ0n) is 17.1. The fourth-order valence-electron chi connectivity index (χ4n) is 3.20. The largest absolute Gasteiger partial charge is 0.507 e. The standard InChI is InChI=1S/C20H29NO6S/c1-12(2)14-8-16(13(3)4)19(23)17(9-14)20(24)27-10-18(22)21(5)15-6-7-28(25,26)11-15/h8-9,12-13,15,23H,6-7,10-11H2,1-5H3/t15-/m0/s1. The number of hydrogen-bond donors (Lipinski definition) is 1. The molecule has 1 N–H and O–H groups in total. The summed E-state index contributed by atoms with van der Waals surface area (Å²) in [6.07, 6.45) is 0.382. The molecule has 0 bridgehead atoms. The van der Waals surface area contributed by atoms with Gasteiger partial charge in [0.2, 0.25) is 0 Å². The minimum absolute atomic E-state index is 0.0160. The summed E-state index contributed by atoms with van der Waals surface area (Å²) in [7, 11) is -1.61. The van der Waals surface area contributed by atoms with Crippen LogP contribution in [0.1, 0.15) is 67.4 Å². The number of phenols is 1. The highest BCUT2D eigenvalue weighted by molar-refractivity contribution is 7.91. The fraction of sp³-hybridized carbons (Fsp3) is 0.600. The number of aromatic hydroxyl groups is 1. The van der Waals surface area contributed by atoms with Crippen LogP contribution in [0.3, 0.4) is 0 Å². The minimum Gasteiger partial charge on any atom is -0.507 e. The lowest BCUT2D eigenvalue weighted by Crippen LogP contribution is -2.40. The van der Waals surface area contributed by atoms with Crippen LogP contribution in [0.4, 0.5) is 0 Å². The normalized spacial score (nSPS) is 18.5. The SMILES string of the molecule is CC(C)c1cc(C(=O)OCC(=O)N(C)[C@H]2CCS(=O)(=O)C2)c(O)c(C(C)C)c1. The summed E-state index contributed by atoms with van der Waals surface area (Å²) in [5.41, 5.74) is 1.58. The summed E-state index contributed by atoms with van der Waals surface area (Å²) in [5, 5.41) is 10.5. The lowest BCUT2D eigenvalue weighted by Gasteiger charge is -2.23. The summed E-state index contributed by atoms with van der Waals surface area (Å²) in [6.45, 7) is 7.30. The van der Waals surface area contributed by atoms with E-state index >= 15 is 0 Å². The predicted octanol–water partition coefficient (Wildman–Crippen LogP) is 2.44. The molecule has 1 aliphatic heterocycles. The van der Waals surface area contributed by atoms with E-state index in [1.165, 1.54) is 11.9 Å². The van der Waals surface area contributed by atoms with Gasteiger partial charge in [-0.25, -0.2) is 13.2 Å². The van der Waals surface area contributed by atoms with E-state index < -0.39 is 34.4 Å². The van der Waals surface area contributed by atoms with E-state index in [9.17, 15) is 23.1 Å². The van der Waals surface area contributed by atoms with Gasteiger partial charge in [0.1, 0.15) is 11.3 Å². The van der Waals surface area contributed by atoms with E-state index in [-0.39, 0.29) is 34.7 Å². The van der Waals surface area contributed by atoms with Crippen LogP contribution >= 0.6 is 0 Å². The van der Waals surface area contributed by atoms with Crippen molar-refractivity contribution in [3.8, 4) is 5.75 Å². The lowest BCUT2D eigenvalue weighted by molar-refractivity contribution is -0.134. The highest BCUT2D eigenvalue weighted by Gasteiger charge is 2.33. The average molecular weight is 412 g/mol. The van der Waals surface area contributed by atoms with Gasteiger partial charge in [-0.15, -0.1) is 0 Å². The number of hydrogen-bond acceptors (Lipinski definition) is 6. The Morgan fingerprint density at radius 1 is 1.21 bits per heavy atom. The summed E-state index contributed by atoms with van der Waals surface area (Å²) in [6, 6.07) is 3.06. The van der Waals surface area contributed by atoms with E-state index in [4.69, 9.17) is 4.74 Å². The lowest BCUT2D eigenvalue weighted by atomic mass is 9.92. The number of likely N-dealkylation sites (N-methyl/N-ethyl adjacent to an activating group) is 1. The van der Waals surface area contributed by atoms with Crippen LogP contribution in [0.15, 0.2) is 12.1 Å². The predicted molar refractivity (Wildman–Crippen MR) is 106 cm³/mol. The number of amides is 1. The number of carbonyl (C=O) groups excluding carboxylic acids is 2. The van der Waals surface area contributed by atoms with Gasteiger partial charge in [-0.1, -0.05) is 33.8 Å². The molecule has 1 atom stereocenters. The molecule has 0 unspecified atom stereocenters. The monoisotopic (exact) mass is 411 g/mol. The Hall–Kier alpha value is -2.09. The van der Waals surface area contributed by atoms with E-state index in [2.05, 4.69) is 0 Å². The molecular formula is C20H29NO6S. The van der Waals surface area contributed by atoms with Crippen molar-refractivity contribution in [2.24, 2.45) is 0 Å². The third-order valence-electron chi connectivity index (χ3n) is 5.15. The van der Waals surface area contributed by atoms with E-state index in [0.717, 1.165) is 5.56 Å². The summed E-state index contributed by atoms with van der Waals surface area (Å²) in [5.74, 6) is -1.22. The van der Waals surface area contributed by atoms with Crippen molar-refractivity contribution in [1.29, 1.82) is 0 Å². The quantitative estimate of drug-likeness (QED) is 0.722. The number of benzene rings is 1. The van der Waals surface area contributed by atoms with Gasteiger partial charge in [0.05, 0.1) is 11.5 Å². The summed E-state index contributed by atoms with van der Waals surface area (Å²) < 4.78 is 28.3. The van der Waals surface area contributed by atoms with Gasteiger partial charge in [-0.2, -0.15) is 0 Å². The number of rotatable bonds is 6. The maximum atomic E-state index is 12.5. The third-order valence-corrected chi connectivity index (χ3v) is 6.90. The van der Waals surface area contributed by atoms with Gasteiger partial charge in [0, 0.05) is 13.1 Å². The van der Waals surface area contributed by atoms with Crippen molar-refractivity contribution in [1.82, 2.24) is 4.90 Å². The van der Waals surface area contributed by atoms with Gasteiger partial charge in [-0.05, 0) is 35.4 Å². The van der Waals surface area contributed by atoms with Crippen LogP contribution < -0.4 is 0 Å². The Morgan fingerprint density at radius 2 is 1.86 bits per heavy atom. The van der Waals surface area contributed by atoms with E-state index in [0.29, 0.717) is 12.0 Å². The maximum Gasteiger partial charge on any atom is 0.342 e. The maximum absolute atomic E-state index is 12.5. The molecule has 1 amide bonds. The second-order valence-electron chi connectivity index (χ2n) is 7.95. The Morgan fingerprint density at radius 3 is 2.36 bits per heavy atom. The van der Waals surface area contributed by atoms with Gasteiger partial charge in [-0.3, -0.25) is 4.79 Å². The first kappa shape index (κ1) is 22.2. The van der Waals surface area contributed by atoms with Crippen molar-refractivity contribution >= 4 is 21.7 Å². The van der Waals surface area contributed by atoms with Crippen molar-refractivity contribution < 1.29 is 27.9 Å². The molecule has 0 radical (unpaired) electrons. The van der Waals surface area contributed by atoms with Crippen molar-refractivity contribution in [2.75, 3.05) is 25.2 Å². The number of carbonyl (C=O) groups is 2. The first-order valence-electron chi connectivity index (χ1n) is 9.43. The number of nitrogens with zero attached hydrogens (tertiary/aromatic N) is 1. The number of ether oxygens (including phenoxy) is 1. The molecule has 1 heterocycles. The molecule has 1 aliphatic rings. The van der Waals surface area contributed by atoms with Crippen molar-refractivity contribution in [3.05, 3.63) is 28.8 Å². The molecule has 1 saturated heterocycles. The molecule has 0 saturated carbocycles. The molecule has 0 aliphatic carbocycles. The number of phenolic OH excluding ortho intramolecular Hbond substituents is 1. The smallest absolute Gasteiger partial charge is 0.342 e. The van der Waals surface area contributed by atoms with Gasteiger partial charge in [0.25, 0.3) is 5.91 Å². The second kappa shape index (κ2) is 8.51. The Balaban J connectivity index is 2.11. The molecule has 2 rings (SSSR count). The zero-order chi connectivity index (χ0) is 21.2. The molecule has 0 spiro atoms. The summed E-state index contributed by atoms with van der Waals surface area (Å²) in [4.78, 5) is 26.1. The minimum atomic E-state index is -3.11. The van der Waals surface area contributed by atoms with Crippen LogP contribution in [0, 0.1) is 0 Å². The average Bonchev–Trinajstić information content (AvgIpc) is 2.98. The second-order valence-corrected chi connectivity index (χ2v) is 10.2. The number of sulfone groups is 1. The molecular weight excluding hydrogens is 382 g/mol. The molecule has 1 aromatic rings. The van der Waals surface area contributed by atoms with E-state index in [1.54, 1.807) is 6.07 Å². The summed E-state index contributed by atoms with van der Waals surface area (Å²) >= 11 is 0. The Kier molecular flexibility index (Phi) is 6.75. The van der Waals surface area contributed by atoms with Crippen molar-refractivity contribution in [2.45, 2.75) is 52.0 Å². The molecule has 1 aromatic carbocycles. The first-order chi connectivity index (χ1) is 12.9. The topological polar surface area (TPSA) is 101 Å². The molecule has 156 valence electrons. The highest BCUT2D eigenvalue weighted by Crippen LogP contribution is 2.33. The van der Waals surface area contributed by atoms with Crippen LogP contribution in [-0.4, -0.2) is 61.5 Å². The molecule has 8 heteroatoms. The third kappa shape index (κ3) is 5.04. The molecule has 1 fully saturated rings. The van der Waals surface area contributed by atoms with Gasteiger partial charge >= 0.3 is 5.97 Å². The Bertz CT molecular complexity index is 860. The van der Waals surface area contributed by atoms with Crippen LogP contribution in [0.2, 0.25) is 0 Å². The first-order valence-corrected chi connectivity index (χ1v) is 11.2. The van der Waals surface area contributed by atoms with Gasteiger partial charge < -0.3 is 14.7 Å². The van der Waals surface area contributed by atoms with Crippen LogP contribution in [0.25, 0.3) is 0 Å². The van der Waals surface area contributed by atoms with Crippen LogP contribution in [0.5, 0.6) is 5.75 Å². The highest BCUT2D eigenvalue weighted by atomic mass is 32.2. The van der Waals surface area contributed by atoms with Crippen LogP contribution in [-0.2, 0) is 19.4 Å². The molecule has 28 heavy (non-hydrogen) atoms. The van der Waals surface area contributed by atoms with Gasteiger partial charge in [0.15, 0.2) is 16.4 Å². The molecule has 7 nitrogen and oxygen atoms in total. The number of esters is 1. The molecule has 0 aromatic heterocycles. The van der Waals surface area contributed by atoms with Crippen molar-refractivity contribution in [3.63, 3.8) is 0 Å². The van der Waals surface area contributed by atoms with E-state index in [1.807, 2.05) is 33.8 Å². The zero-order valence-corrected chi connectivity index (χ0v) is 17.9.